The molecule has 7 nitrogen and oxygen atoms in total. The summed E-state index contributed by atoms with van der Waals surface area (Å²) in [6.45, 7) is -0.0759. The SMILES string of the molecule is COc1cc[c]cc1OCC1=NOS(=O)(=O)N1. The van der Waals surface area contributed by atoms with Crippen molar-refractivity contribution in [3.63, 3.8) is 0 Å². The Hall–Kier alpha value is -1.96. The van der Waals surface area contributed by atoms with Gasteiger partial charge in [-0.05, 0) is 23.4 Å². The first-order valence-electron chi connectivity index (χ1n) is 4.56. The molecule has 1 radical (unpaired) electrons. The molecule has 0 saturated heterocycles. The zero-order valence-corrected chi connectivity index (χ0v) is 9.65. The average Bonchev–Trinajstić information content (AvgIpc) is 2.67. The van der Waals surface area contributed by atoms with Crippen LogP contribution in [-0.2, 0) is 14.6 Å². The van der Waals surface area contributed by atoms with E-state index in [9.17, 15) is 8.42 Å². The number of ether oxygens (including phenoxy) is 2. The van der Waals surface area contributed by atoms with E-state index in [0.717, 1.165) is 0 Å². The second kappa shape index (κ2) is 4.50. The van der Waals surface area contributed by atoms with Gasteiger partial charge in [-0.1, -0.05) is 6.07 Å². The standard InChI is InChI=1S/C9H9N2O5S/c1-14-7-4-2-3-5-8(7)15-6-9-10-16-17(12,13)11-9/h2,4-5H,6H2,1H3,(H,10,11). The number of hydrogen-bond acceptors (Lipinski definition) is 6. The van der Waals surface area contributed by atoms with Crippen molar-refractivity contribution >= 4 is 16.1 Å². The average molecular weight is 257 g/mol. The van der Waals surface area contributed by atoms with Crippen LogP contribution in [0.15, 0.2) is 23.4 Å². The van der Waals surface area contributed by atoms with Gasteiger partial charge in [0.1, 0.15) is 0 Å². The quantitative estimate of drug-likeness (QED) is 0.823. The molecule has 1 aliphatic rings. The van der Waals surface area contributed by atoms with E-state index in [1.54, 1.807) is 18.2 Å². The van der Waals surface area contributed by atoms with Gasteiger partial charge in [0.2, 0.25) is 0 Å². The van der Waals surface area contributed by atoms with Crippen LogP contribution in [0.5, 0.6) is 11.5 Å². The molecule has 2 rings (SSSR count). The van der Waals surface area contributed by atoms with Crippen molar-refractivity contribution in [1.29, 1.82) is 0 Å². The lowest BCUT2D eigenvalue weighted by molar-refractivity contribution is 0.326. The highest BCUT2D eigenvalue weighted by atomic mass is 32.2. The van der Waals surface area contributed by atoms with Crippen LogP contribution in [0.1, 0.15) is 0 Å². The van der Waals surface area contributed by atoms with Crippen LogP contribution in [0.4, 0.5) is 0 Å². The first kappa shape index (κ1) is 11.5. The van der Waals surface area contributed by atoms with Crippen LogP contribution < -0.4 is 14.2 Å². The van der Waals surface area contributed by atoms with Gasteiger partial charge in [0, 0.05) is 0 Å². The first-order valence-corrected chi connectivity index (χ1v) is 5.97. The van der Waals surface area contributed by atoms with Gasteiger partial charge in [-0.25, -0.2) is 4.72 Å². The summed E-state index contributed by atoms with van der Waals surface area (Å²) in [6.07, 6.45) is 0. The topological polar surface area (TPSA) is 86.2 Å². The van der Waals surface area contributed by atoms with Gasteiger partial charge in [0.25, 0.3) is 0 Å². The van der Waals surface area contributed by atoms with Crippen LogP contribution in [0.2, 0.25) is 0 Å². The molecule has 1 aromatic carbocycles. The molecule has 1 aliphatic heterocycles. The molecule has 0 spiro atoms. The highest BCUT2D eigenvalue weighted by Gasteiger charge is 2.22. The minimum atomic E-state index is -3.79. The molecule has 0 bridgehead atoms. The molecule has 8 heteroatoms. The zero-order chi connectivity index (χ0) is 12.3. The van der Waals surface area contributed by atoms with Gasteiger partial charge in [0.15, 0.2) is 23.9 Å². The Bertz CT molecular complexity index is 540. The largest absolute Gasteiger partial charge is 0.493 e. The fourth-order valence-corrected chi connectivity index (χ4v) is 1.77. The molecule has 0 unspecified atom stereocenters. The lowest BCUT2D eigenvalue weighted by Gasteiger charge is -2.08. The predicted molar refractivity (Wildman–Crippen MR) is 57.9 cm³/mol. The number of nitrogens with one attached hydrogen (secondary N) is 1. The van der Waals surface area contributed by atoms with Crippen LogP contribution in [0.3, 0.4) is 0 Å². The van der Waals surface area contributed by atoms with E-state index in [1.807, 2.05) is 0 Å². The molecular formula is C9H9N2O5S. The molecule has 91 valence electrons. The molecule has 0 atom stereocenters. The van der Waals surface area contributed by atoms with Gasteiger partial charge in [-0.3, -0.25) is 4.28 Å². The fourth-order valence-electron chi connectivity index (χ4n) is 1.16. The second-order valence-electron chi connectivity index (χ2n) is 3.03. The molecular weight excluding hydrogens is 248 g/mol. The summed E-state index contributed by atoms with van der Waals surface area (Å²) in [5.41, 5.74) is 0. The molecule has 1 N–H and O–H groups in total. The summed E-state index contributed by atoms with van der Waals surface area (Å²) in [4.78, 5) is 0. The molecule has 17 heavy (non-hydrogen) atoms. The van der Waals surface area contributed by atoms with E-state index < -0.39 is 10.3 Å². The van der Waals surface area contributed by atoms with Crippen molar-refractivity contribution in [2.75, 3.05) is 13.7 Å². The number of hydrogen-bond donors (Lipinski definition) is 1. The van der Waals surface area contributed by atoms with Crippen LogP contribution in [0, 0.1) is 6.07 Å². The van der Waals surface area contributed by atoms with Crippen LogP contribution in [-0.4, -0.2) is 28.0 Å². The van der Waals surface area contributed by atoms with E-state index in [4.69, 9.17) is 9.47 Å². The summed E-state index contributed by atoms with van der Waals surface area (Å²) < 4.78 is 38.2. The second-order valence-corrected chi connectivity index (χ2v) is 4.30. The maximum absolute atomic E-state index is 10.8. The van der Waals surface area contributed by atoms with E-state index in [1.165, 1.54) is 7.11 Å². The Morgan fingerprint density at radius 2 is 2.35 bits per heavy atom. The minimum absolute atomic E-state index is 0.0657. The smallest absolute Gasteiger partial charge is 0.428 e. The van der Waals surface area contributed by atoms with E-state index in [0.29, 0.717) is 11.5 Å². The number of rotatable bonds is 4. The molecule has 0 amide bonds. The Balaban J connectivity index is 1.99. The lowest BCUT2D eigenvalue weighted by atomic mass is 10.3. The van der Waals surface area contributed by atoms with Crippen LogP contribution >= 0.6 is 0 Å². The first-order chi connectivity index (χ1) is 8.11. The van der Waals surface area contributed by atoms with Crippen molar-refractivity contribution in [3.05, 3.63) is 24.3 Å². The van der Waals surface area contributed by atoms with Crippen molar-refractivity contribution < 1.29 is 22.2 Å². The van der Waals surface area contributed by atoms with Crippen LogP contribution in [0.25, 0.3) is 0 Å². The number of benzene rings is 1. The van der Waals surface area contributed by atoms with Gasteiger partial charge in [-0.2, -0.15) is 8.42 Å². The van der Waals surface area contributed by atoms with Crippen molar-refractivity contribution in [2.24, 2.45) is 5.16 Å². The van der Waals surface area contributed by atoms with Gasteiger partial charge in [0.05, 0.1) is 7.11 Å². The summed E-state index contributed by atoms with van der Waals surface area (Å²) in [7, 11) is -2.29. The fraction of sp³-hybridized carbons (Fsp3) is 0.222. The molecule has 0 aromatic heterocycles. The number of methoxy groups -OCH3 is 1. The van der Waals surface area contributed by atoms with E-state index in [2.05, 4.69) is 20.2 Å². The lowest BCUT2D eigenvalue weighted by Crippen LogP contribution is -2.28. The number of amidine groups is 1. The highest BCUT2D eigenvalue weighted by molar-refractivity contribution is 7.85. The summed E-state index contributed by atoms with van der Waals surface area (Å²) in [6, 6.07) is 7.73. The predicted octanol–water partition coefficient (Wildman–Crippen LogP) is 0.0523. The normalized spacial score (nSPS) is 16.6. The summed E-state index contributed by atoms with van der Waals surface area (Å²) in [5, 5.41) is 3.30. The Morgan fingerprint density at radius 3 is 3.00 bits per heavy atom. The van der Waals surface area contributed by atoms with Gasteiger partial charge < -0.3 is 9.47 Å². The van der Waals surface area contributed by atoms with E-state index in [-0.39, 0.29) is 12.4 Å². The van der Waals surface area contributed by atoms with Gasteiger partial charge in [-0.15, -0.1) is 0 Å². The Labute approximate surface area is 98.2 Å². The number of oxime groups is 1. The maximum Gasteiger partial charge on any atom is 0.428 e. The van der Waals surface area contributed by atoms with Crippen molar-refractivity contribution in [2.45, 2.75) is 0 Å². The van der Waals surface area contributed by atoms with Gasteiger partial charge >= 0.3 is 10.3 Å². The van der Waals surface area contributed by atoms with Crippen molar-refractivity contribution in [3.8, 4) is 11.5 Å². The molecule has 1 aromatic rings. The third-order valence-corrected chi connectivity index (χ3v) is 2.62. The zero-order valence-electron chi connectivity index (χ0n) is 8.84. The van der Waals surface area contributed by atoms with Crippen molar-refractivity contribution in [1.82, 2.24) is 4.72 Å². The summed E-state index contributed by atoms with van der Waals surface area (Å²) >= 11 is 0. The minimum Gasteiger partial charge on any atom is -0.493 e. The maximum atomic E-state index is 10.8. The Kier molecular flexibility index (Phi) is 3.05. The Morgan fingerprint density at radius 1 is 1.53 bits per heavy atom. The number of nitrogens with zero attached hydrogens (tertiary/aromatic N) is 1. The third-order valence-electron chi connectivity index (χ3n) is 1.86. The molecule has 0 aliphatic carbocycles. The van der Waals surface area contributed by atoms with E-state index >= 15 is 0 Å². The molecule has 0 saturated carbocycles. The molecule has 0 fully saturated rings. The monoisotopic (exact) mass is 257 g/mol. The third kappa shape index (κ3) is 2.78. The molecule has 1 heterocycles. The summed E-state index contributed by atoms with van der Waals surface area (Å²) in [5.74, 6) is 1.02. The highest BCUT2D eigenvalue weighted by Crippen LogP contribution is 2.25.